The molecule has 3 aromatic rings. The quantitative estimate of drug-likeness (QED) is 0.499. The van der Waals surface area contributed by atoms with Crippen LogP contribution in [0.15, 0.2) is 66.7 Å². The predicted octanol–water partition coefficient (Wildman–Crippen LogP) is 3.62. The summed E-state index contributed by atoms with van der Waals surface area (Å²) in [5.41, 5.74) is 1.69. The number of nitrogens with one attached hydrogen (secondary N) is 1. The third-order valence-corrected chi connectivity index (χ3v) is 5.99. The Kier molecular flexibility index (Phi) is 6.36. The average Bonchev–Trinajstić information content (AvgIpc) is 3.21. The number of hydrogen-bond donors (Lipinski definition) is 2. The van der Waals surface area contributed by atoms with Crippen molar-refractivity contribution >= 4 is 17.7 Å². The van der Waals surface area contributed by atoms with Gasteiger partial charge in [0.1, 0.15) is 17.0 Å². The third kappa shape index (κ3) is 4.64. The number of ketones is 1. The van der Waals surface area contributed by atoms with Crippen molar-refractivity contribution in [2.45, 2.75) is 25.3 Å². The molecule has 7 nitrogen and oxygen atoms in total. The Hall–Kier alpha value is -4.13. The summed E-state index contributed by atoms with van der Waals surface area (Å²) >= 11 is 0. The molecule has 0 atom stereocenters. The van der Waals surface area contributed by atoms with Crippen LogP contribution < -0.4 is 14.8 Å². The molecule has 7 heteroatoms. The zero-order valence-electron chi connectivity index (χ0n) is 19.0. The molecule has 0 aromatic heterocycles. The van der Waals surface area contributed by atoms with E-state index < -0.39 is 17.4 Å². The number of carboxylic acid groups (broad SMARTS) is 1. The summed E-state index contributed by atoms with van der Waals surface area (Å²) in [6.07, 6.45) is 0.382. The lowest BCUT2D eigenvalue weighted by atomic mass is 9.94. The minimum absolute atomic E-state index is 0.163. The number of rotatable bonds is 8. The highest BCUT2D eigenvalue weighted by Gasteiger charge is 2.45. The van der Waals surface area contributed by atoms with Gasteiger partial charge in [-0.2, -0.15) is 0 Å². The topological polar surface area (TPSA) is 102 Å². The summed E-state index contributed by atoms with van der Waals surface area (Å²) in [5, 5.41) is 12.6. The van der Waals surface area contributed by atoms with Gasteiger partial charge in [-0.25, -0.2) is 4.79 Å². The van der Waals surface area contributed by atoms with Gasteiger partial charge in [0.15, 0.2) is 6.61 Å². The predicted molar refractivity (Wildman–Crippen MR) is 126 cm³/mol. The Labute approximate surface area is 197 Å². The number of hydrogen-bond acceptors (Lipinski definition) is 5. The zero-order valence-corrected chi connectivity index (χ0v) is 19.0. The molecule has 1 amide bonds. The molecular weight excluding hydrogens is 434 g/mol. The van der Waals surface area contributed by atoms with Crippen LogP contribution in [0.25, 0.3) is 0 Å². The molecule has 0 radical (unpaired) electrons. The van der Waals surface area contributed by atoms with Crippen LogP contribution in [0.4, 0.5) is 0 Å². The van der Waals surface area contributed by atoms with Crippen LogP contribution in [-0.4, -0.2) is 42.0 Å². The number of ether oxygens (including phenoxy) is 2. The molecule has 1 aliphatic carbocycles. The van der Waals surface area contributed by atoms with Gasteiger partial charge in [-0.3, -0.25) is 9.59 Å². The lowest BCUT2D eigenvalue weighted by Crippen LogP contribution is -2.55. The van der Waals surface area contributed by atoms with Crippen molar-refractivity contribution in [3.05, 3.63) is 94.5 Å². The van der Waals surface area contributed by atoms with Crippen LogP contribution in [0.5, 0.6) is 11.5 Å². The third-order valence-electron chi connectivity index (χ3n) is 5.99. The lowest BCUT2D eigenvalue weighted by molar-refractivity contribution is -0.144. The molecule has 0 saturated heterocycles. The maximum absolute atomic E-state index is 13.1. The van der Waals surface area contributed by atoms with E-state index in [4.69, 9.17) is 9.47 Å². The minimum Gasteiger partial charge on any atom is -0.496 e. The van der Waals surface area contributed by atoms with Crippen molar-refractivity contribution in [2.75, 3.05) is 13.7 Å². The highest BCUT2D eigenvalue weighted by Crippen LogP contribution is 2.31. The molecule has 3 aromatic carbocycles. The van der Waals surface area contributed by atoms with E-state index in [9.17, 15) is 19.5 Å². The number of carboxylic acids is 1. The minimum atomic E-state index is -1.45. The van der Waals surface area contributed by atoms with E-state index in [1.54, 1.807) is 6.07 Å². The molecule has 1 aliphatic rings. The molecule has 174 valence electrons. The number of methoxy groups -OCH3 is 1. The van der Waals surface area contributed by atoms with E-state index >= 15 is 0 Å². The molecule has 2 N–H and O–H groups in total. The van der Waals surface area contributed by atoms with E-state index in [1.807, 2.05) is 49.4 Å². The number of benzene rings is 3. The number of fused-ring (bicyclic) bond motifs is 1. The van der Waals surface area contributed by atoms with Crippen molar-refractivity contribution in [3.8, 4) is 11.5 Å². The SMILES string of the molecule is COc1ccc(C(=O)NC2(C(=O)O)Cc3ccccc3C2)cc1C(=O)COc1cccc(C)c1. The van der Waals surface area contributed by atoms with E-state index in [-0.39, 0.29) is 36.4 Å². The van der Waals surface area contributed by atoms with Crippen LogP contribution in [0.2, 0.25) is 0 Å². The first-order valence-electron chi connectivity index (χ1n) is 10.8. The van der Waals surface area contributed by atoms with Crippen molar-refractivity contribution in [2.24, 2.45) is 0 Å². The van der Waals surface area contributed by atoms with Gasteiger partial charge in [-0.05, 0) is 53.9 Å². The monoisotopic (exact) mass is 459 g/mol. The van der Waals surface area contributed by atoms with Gasteiger partial charge in [0.2, 0.25) is 5.78 Å². The fourth-order valence-electron chi connectivity index (χ4n) is 4.20. The lowest BCUT2D eigenvalue weighted by Gasteiger charge is -2.25. The molecule has 34 heavy (non-hydrogen) atoms. The number of aliphatic carboxylic acids is 1. The average molecular weight is 459 g/mol. The smallest absolute Gasteiger partial charge is 0.330 e. The van der Waals surface area contributed by atoms with Crippen LogP contribution in [0.3, 0.4) is 0 Å². The van der Waals surface area contributed by atoms with Crippen LogP contribution >= 0.6 is 0 Å². The number of carbonyl (C=O) groups excluding carboxylic acids is 2. The van der Waals surface area contributed by atoms with Gasteiger partial charge in [0.25, 0.3) is 5.91 Å². The van der Waals surface area contributed by atoms with E-state index in [0.29, 0.717) is 11.5 Å². The summed E-state index contributed by atoms with van der Waals surface area (Å²) in [4.78, 5) is 38.2. The molecule has 0 saturated carbocycles. The molecule has 4 rings (SSSR count). The molecule has 0 fully saturated rings. The summed E-state index contributed by atoms with van der Waals surface area (Å²) < 4.78 is 10.9. The van der Waals surface area contributed by atoms with Crippen molar-refractivity contribution < 1.29 is 29.0 Å². The van der Waals surface area contributed by atoms with Gasteiger partial charge in [0.05, 0.1) is 12.7 Å². The Morgan fingerprint density at radius 3 is 2.29 bits per heavy atom. The number of amides is 1. The molecule has 0 unspecified atom stereocenters. The first-order valence-corrected chi connectivity index (χ1v) is 10.8. The first kappa shape index (κ1) is 23.0. The maximum atomic E-state index is 13.1. The molecule has 0 aliphatic heterocycles. The zero-order chi connectivity index (χ0) is 24.3. The summed E-state index contributed by atoms with van der Waals surface area (Å²) in [5.74, 6) is -1.19. The molecule has 0 spiro atoms. The number of carbonyl (C=O) groups is 3. The largest absolute Gasteiger partial charge is 0.496 e. The van der Waals surface area contributed by atoms with Crippen LogP contribution in [0, 0.1) is 6.92 Å². The van der Waals surface area contributed by atoms with Gasteiger partial charge in [-0.1, -0.05) is 36.4 Å². The Morgan fingerprint density at radius 2 is 1.68 bits per heavy atom. The fraction of sp³-hybridized carbons (Fsp3) is 0.222. The standard InChI is InChI=1S/C27H25NO6/c1-17-6-5-9-21(12-17)34-16-23(29)22-13-18(10-11-24(22)33-2)25(30)28-27(26(31)32)14-19-7-3-4-8-20(19)15-27/h3-13H,14-16H2,1-2H3,(H,28,30)(H,31,32). The van der Waals surface area contributed by atoms with Crippen molar-refractivity contribution in [1.82, 2.24) is 5.32 Å². The summed E-state index contributed by atoms with van der Waals surface area (Å²) in [6.45, 7) is 1.69. The Balaban J connectivity index is 1.54. The highest BCUT2D eigenvalue weighted by atomic mass is 16.5. The molecule has 0 heterocycles. The first-order chi connectivity index (χ1) is 16.3. The maximum Gasteiger partial charge on any atom is 0.330 e. The van der Waals surface area contributed by atoms with Gasteiger partial charge < -0.3 is 19.9 Å². The second-order valence-corrected chi connectivity index (χ2v) is 8.41. The molecular formula is C27H25NO6. The van der Waals surface area contributed by atoms with Gasteiger partial charge in [0, 0.05) is 18.4 Å². The number of Topliss-reactive ketones (excluding diaryl/α,β-unsaturated/α-hetero) is 1. The Bertz CT molecular complexity index is 1240. The summed E-state index contributed by atoms with van der Waals surface area (Å²) in [6, 6.07) is 19.2. The Morgan fingerprint density at radius 1 is 0.971 bits per heavy atom. The van der Waals surface area contributed by atoms with Crippen molar-refractivity contribution in [1.29, 1.82) is 0 Å². The second kappa shape index (κ2) is 9.39. The van der Waals surface area contributed by atoms with Crippen LogP contribution in [0.1, 0.15) is 37.4 Å². The summed E-state index contributed by atoms with van der Waals surface area (Å²) in [7, 11) is 1.43. The van der Waals surface area contributed by atoms with Crippen LogP contribution in [-0.2, 0) is 17.6 Å². The van der Waals surface area contributed by atoms with Crippen molar-refractivity contribution in [3.63, 3.8) is 0 Å². The normalized spacial score (nSPS) is 13.6. The van der Waals surface area contributed by atoms with E-state index in [0.717, 1.165) is 16.7 Å². The highest BCUT2D eigenvalue weighted by molar-refractivity contribution is 6.04. The second-order valence-electron chi connectivity index (χ2n) is 8.41. The van der Waals surface area contributed by atoms with Gasteiger partial charge >= 0.3 is 5.97 Å². The molecule has 0 bridgehead atoms. The fourth-order valence-corrected chi connectivity index (χ4v) is 4.20. The van der Waals surface area contributed by atoms with Gasteiger partial charge in [-0.15, -0.1) is 0 Å². The van der Waals surface area contributed by atoms with E-state index in [2.05, 4.69) is 5.32 Å². The number of aryl methyl sites for hydroxylation is 1. The van der Waals surface area contributed by atoms with E-state index in [1.165, 1.54) is 25.3 Å².